The molecule has 0 aliphatic heterocycles. The Morgan fingerprint density at radius 1 is 1.38 bits per heavy atom. The van der Waals surface area contributed by atoms with Crippen molar-refractivity contribution in [3.05, 3.63) is 39.3 Å². The van der Waals surface area contributed by atoms with E-state index < -0.39 is 0 Å². The molecule has 1 aromatic carbocycles. The van der Waals surface area contributed by atoms with Gasteiger partial charge in [0.2, 0.25) is 0 Å². The monoisotopic (exact) mass is 214 g/mol. The van der Waals surface area contributed by atoms with Crippen molar-refractivity contribution < 1.29 is 0 Å². The molecule has 0 unspecified atom stereocenters. The van der Waals surface area contributed by atoms with Gasteiger partial charge in [0, 0.05) is 29.1 Å². The summed E-state index contributed by atoms with van der Waals surface area (Å²) in [5.41, 5.74) is 17.7. The number of azide groups is 1. The molecule has 1 rings (SSSR count). The third-order valence-corrected chi connectivity index (χ3v) is 2.24. The fraction of sp³-hybridized carbons (Fsp3) is 0.333. The zero-order valence-corrected chi connectivity index (χ0v) is 9.49. The standard InChI is InChI=1S/C12H14N4/c1-9-8-12(13)10(2)7-11(9)5-3-4-6-15-16-14/h7-8H,4,6,13H2,1-2H3. The molecule has 4 nitrogen and oxygen atoms in total. The van der Waals surface area contributed by atoms with Gasteiger partial charge in [0.15, 0.2) is 0 Å². The van der Waals surface area contributed by atoms with Crippen LogP contribution in [0.5, 0.6) is 0 Å². The molecule has 2 N–H and O–H groups in total. The number of benzene rings is 1. The Labute approximate surface area is 95.1 Å². The van der Waals surface area contributed by atoms with Gasteiger partial charge in [0.1, 0.15) is 0 Å². The SMILES string of the molecule is Cc1cc(C#CCCN=[N+]=[N-])c(C)cc1N. The van der Waals surface area contributed by atoms with Gasteiger partial charge in [-0.05, 0) is 42.6 Å². The molecule has 0 heterocycles. The highest BCUT2D eigenvalue weighted by molar-refractivity contribution is 5.55. The van der Waals surface area contributed by atoms with Gasteiger partial charge in [-0.25, -0.2) is 0 Å². The number of nitrogen functional groups attached to an aromatic ring is 1. The quantitative estimate of drug-likeness (QED) is 0.202. The molecule has 0 radical (unpaired) electrons. The lowest BCUT2D eigenvalue weighted by molar-refractivity contribution is 1.01. The van der Waals surface area contributed by atoms with Gasteiger partial charge in [-0.2, -0.15) is 0 Å². The molecule has 82 valence electrons. The van der Waals surface area contributed by atoms with Crippen LogP contribution in [0.3, 0.4) is 0 Å². The molecule has 0 saturated carbocycles. The normalized spacial score (nSPS) is 8.88. The smallest absolute Gasteiger partial charge is 0.0367 e. The zero-order chi connectivity index (χ0) is 12.0. The highest BCUT2D eigenvalue weighted by atomic mass is 15.1. The number of anilines is 1. The maximum atomic E-state index is 8.09. The van der Waals surface area contributed by atoms with Crippen LogP contribution in [0.2, 0.25) is 0 Å². The van der Waals surface area contributed by atoms with E-state index in [1.165, 1.54) is 0 Å². The Balaban J connectivity index is 2.80. The number of hydrogen-bond donors (Lipinski definition) is 1. The van der Waals surface area contributed by atoms with Crippen molar-refractivity contribution in [1.29, 1.82) is 0 Å². The molecular weight excluding hydrogens is 200 g/mol. The summed E-state index contributed by atoms with van der Waals surface area (Å²) in [6.45, 7) is 4.35. The van der Waals surface area contributed by atoms with E-state index in [1.807, 2.05) is 26.0 Å². The predicted molar refractivity (Wildman–Crippen MR) is 65.8 cm³/mol. The number of nitrogens with zero attached hydrogens (tertiary/aromatic N) is 3. The molecule has 0 fully saturated rings. The van der Waals surface area contributed by atoms with Gasteiger partial charge in [-0.15, -0.1) is 0 Å². The summed E-state index contributed by atoms with van der Waals surface area (Å²) in [6, 6.07) is 3.90. The summed E-state index contributed by atoms with van der Waals surface area (Å²) in [4.78, 5) is 2.66. The maximum Gasteiger partial charge on any atom is 0.0367 e. The van der Waals surface area contributed by atoms with Crippen LogP contribution in [0, 0.1) is 25.7 Å². The molecule has 0 aliphatic carbocycles. The van der Waals surface area contributed by atoms with Gasteiger partial charge in [0.25, 0.3) is 0 Å². The summed E-state index contributed by atoms with van der Waals surface area (Å²) in [5.74, 6) is 6.02. The molecule has 0 spiro atoms. The topological polar surface area (TPSA) is 74.8 Å². The highest BCUT2D eigenvalue weighted by Crippen LogP contribution is 2.16. The second kappa shape index (κ2) is 5.69. The number of aryl methyl sites for hydroxylation is 2. The molecule has 0 aliphatic rings. The lowest BCUT2D eigenvalue weighted by Gasteiger charge is -2.03. The van der Waals surface area contributed by atoms with E-state index in [4.69, 9.17) is 11.3 Å². The summed E-state index contributed by atoms with van der Waals surface area (Å²) >= 11 is 0. The van der Waals surface area contributed by atoms with Gasteiger partial charge < -0.3 is 5.73 Å². The van der Waals surface area contributed by atoms with E-state index in [2.05, 4.69) is 21.9 Å². The Morgan fingerprint density at radius 2 is 2.12 bits per heavy atom. The van der Waals surface area contributed by atoms with Crippen molar-refractivity contribution in [3.8, 4) is 11.8 Å². The van der Waals surface area contributed by atoms with Gasteiger partial charge in [-0.3, -0.25) is 0 Å². The van der Waals surface area contributed by atoms with E-state index in [1.54, 1.807) is 0 Å². The molecule has 16 heavy (non-hydrogen) atoms. The number of rotatable bonds is 2. The molecule has 0 bridgehead atoms. The minimum atomic E-state index is 0.413. The summed E-state index contributed by atoms with van der Waals surface area (Å²) < 4.78 is 0. The molecule has 0 atom stereocenters. The van der Waals surface area contributed by atoms with Crippen LogP contribution < -0.4 is 5.73 Å². The Morgan fingerprint density at radius 3 is 2.81 bits per heavy atom. The van der Waals surface area contributed by atoms with Gasteiger partial charge >= 0.3 is 0 Å². The lowest BCUT2D eigenvalue weighted by atomic mass is 10.0. The van der Waals surface area contributed by atoms with Crippen molar-refractivity contribution in [1.82, 2.24) is 0 Å². The first-order valence-electron chi connectivity index (χ1n) is 5.01. The van der Waals surface area contributed by atoms with Crippen LogP contribution in [0.15, 0.2) is 17.2 Å². The second-order valence-electron chi connectivity index (χ2n) is 3.53. The van der Waals surface area contributed by atoms with Crippen LogP contribution in [0.1, 0.15) is 23.1 Å². The van der Waals surface area contributed by atoms with Crippen molar-refractivity contribution in [2.45, 2.75) is 20.3 Å². The molecule has 4 heteroatoms. The molecule has 0 amide bonds. The molecule has 0 aromatic heterocycles. The van der Waals surface area contributed by atoms with Crippen LogP contribution in [0.4, 0.5) is 5.69 Å². The van der Waals surface area contributed by atoms with Gasteiger partial charge in [-0.1, -0.05) is 17.0 Å². The van der Waals surface area contributed by atoms with Gasteiger partial charge in [0.05, 0.1) is 0 Å². The minimum absolute atomic E-state index is 0.413. The lowest BCUT2D eigenvalue weighted by Crippen LogP contribution is -1.93. The van der Waals surface area contributed by atoms with Crippen LogP contribution in [-0.4, -0.2) is 6.54 Å². The number of hydrogen-bond acceptors (Lipinski definition) is 2. The highest BCUT2D eigenvalue weighted by Gasteiger charge is 1.98. The average molecular weight is 214 g/mol. The van der Waals surface area contributed by atoms with Crippen molar-refractivity contribution in [3.63, 3.8) is 0 Å². The van der Waals surface area contributed by atoms with Crippen LogP contribution in [-0.2, 0) is 0 Å². The Hall–Kier alpha value is -2.11. The van der Waals surface area contributed by atoms with Crippen molar-refractivity contribution in [2.24, 2.45) is 5.11 Å². The summed E-state index contributed by atoms with van der Waals surface area (Å²) in [5, 5.41) is 3.42. The third kappa shape index (κ3) is 3.23. The number of nitrogens with two attached hydrogens (primary N) is 1. The fourth-order valence-corrected chi connectivity index (χ4v) is 1.28. The Kier molecular flexibility index (Phi) is 4.26. The average Bonchev–Trinajstić information content (AvgIpc) is 2.25. The first-order valence-corrected chi connectivity index (χ1v) is 5.01. The minimum Gasteiger partial charge on any atom is -0.399 e. The summed E-state index contributed by atoms with van der Waals surface area (Å²) in [7, 11) is 0. The first-order chi connectivity index (χ1) is 7.65. The fourth-order valence-electron chi connectivity index (χ4n) is 1.28. The third-order valence-electron chi connectivity index (χ3n) is 2.24. The van der Waals surface area contributed by atoms with Crippen molar-refractivity contribution >= 4 is 5.69 Å². The predicted octanol–water partition coefficient (Wildman–Crippen LogP) is 2.94. The second-order valence-corrected chi connectivity index (χ2v) is 3.53. The maximum absolute atomic E-state index is 8.09. The molecule has 1 aromatic rings. The first kappa shape index (κ1) is 12.0. The van der Waals surface area contributed by atoms with Crippen molar-refractivity contribution in [2.75, 3.05) is 12.3 Å². The van der Waals surface area contributed by atoms with E-state index in [-0.39, 0.29) is 0 Å². The van der Waals surface area contributed by atoms with E-state index >= 15 is 0 Å². The van der Waals surface area contributed by atoms with E-state index in [0.717, 1.165) is 22.4 Å². The van der Waals surface area contributed by atoms with Crippen LogP contribution >= 0.6 is 0 Å². The summed E-state index contributed by atoms with van der Waals surface area (Å²) in [6.07, 6.45) is 0.576. The van der Waals surface area contributed by atoms with E-state index in [9.17, 15) is 0 Å². The molecule has 0 saturated heterocycles. The molecular formula is C12H14N4. The van der Waals surface area contributed by atoms with E-state index in [0.29, 0.717) is 13.0 Å². The van der Waals surface area contributed by atoms with Crippen LogP contribution in [0.25, 0.3) is 10.4 Å². The largest absolute Gasteiger partial charge is 0.399 e. The zero-order valence-electron chi connectivity index (χ0n) is 9.49. The Bertz CT molecular complexity index is 488.